The molecule has 0 spiro atoms. The van der Waals surface area contributed by atoms with Crippen LogP contribution in [0.15, 0.2) is 42.5 Å². The first-order chi connectivity index (χ1) is 14.5. The van der Waals surface area contributed by atoms with E-state index in [1.807, 2.05) is 43.3 Å². The molecule has 1 fully saturated rings. The normalized spacial score (nSPS) is 17.1. The number of anilines is 2. The van der Waals surface area contributed by atoms with Gasteiger partial charge in [0.15, 0.2) is 6.67 Å². The summed E-state index contributed by atoms with van der Waals surface area (Å²) in [5, 5.41) is 0. The topological polar surface area (TPSA) is 54.3 Å². The minimum absolute atomic E-state index is 0.325. The molecule has 158 valence electrons. The van der Waals surface area contributed by atoms with E-state index in [-0.39, 0.29) is 5.78 Å². The van der Waals surface area contributed by atoms with Crippen molar-refractivity contribution in [1.29, 1.82) is 0 Å². The second-order valence-electron chi connectivity index (χ2n) is 8.29. The van der Waals surface area contributed by atoms with Gasteiger partial charge in [0.25, 0.3) is 5.78 Å². The summed E-state index contributed by atoms with van der Waals surface area (Å²) in [5.41, 5.74) is 3.52. The van der Waals surface area contributed by atoms with E-state index in [0.29, 0.717) is 24.8 Å². The molecule has 2 heterocycles. The molecule has 6 nitrogen and oxygen atoms in total. The number of quaternary nitrogens is 1. The van der Waals surface area contributed by atoms with Gasteiger partial charge in [-0.3, -0.25) is 14.5 Å². The number of hydrogen-bond acceptors (Lipinski definition) is 4. The van der Waals surface area contributed by atoms with Crippen LogP contribution in [-0.4, -0.2) is 51.1 Å². The number of amides is 1. The number of piperazine rings is 1. The summed E-state index contributed by atoms with van der Waals surface area (Å²) in [6.07, 6.45) is 0. The van der Waals surface area contributed by atoms with Crippen LogP contribution in [0.1, 0.15) is 42.6 Å². The summed E-state index contributed by atoms with van der Waals surface area (Å²) in [7, 11) is 0. The minimum Gasteiger partial charge on any atom is -0.492 e. The lowest BCUT2D eigenvalue weighted by atomic mass is 9.99. The molecule has 2 aliphatic rings. The van der Waals surface area contributed by atoms with Gasteiger partial charge >= 0.3 is 5.91 Å². The molecular formula is C24H30N3O3+. The fourth-order valence-corrected chi connectivity index (χ4v) is 4.28. The molecule has 30 heavy (non-hydrogen) atoms. The van der Waals surface area contributed by atoms with Gasteiger partial charge in [-0.15, -0.1) is 0 Å². The van der Waals surface area contributed by atoms with Gasteiger partial charge in [0.1, 0.15) is 5.75 Å². The van der Waals surface area contributed by atoms with E-state index >= 15 is 0 Å². The van der Waals surface area contributed by atoms with E-state index in [2.05, 4.69) is 24.8 Å². The molecule has 0 bridgehead atoms. The lowest BCUT2D eigenvalue weighted by Gasteiger charge is -2.35. The zero-order chi connectivity index (χ0) is 21.3. The van der Waals surface area contributed by atoms with Gasteiger partial charge in [-0.05, 0) is 42.7 Å². The number of hydrogen-bond donors (Lipinski definition) is 1. The number of fused-ring (bicyclic) bond motifs is 1. The van der Waals surface area contributed by atoms with E-state index in [9.17, 15) is 9.59 Å². The summed E-state index contributed by atoms with van der Waals surface area (Å²) < 4.78 is 5.78. The van der Waals surface area contributed by atoms with Crippen molar-refractivity contribution in [3.8, 4) is 5.75 Å². The Labute approximate surface area is 178 Å². The molecule has 6 heteroatoms. The largest absolute Gasteiger partial charge is 0.492 e. The third kappa shape index (κ3) is 3.79. The average molecular weight is 409 g/mol. The highest BCUT2D eigenvalue weighted by molar-refractivity contribution is 6.52. The van der Waals surface area contributed by atoms with Crippen molar-refractivity contribution in [3.05, 3.63) is 53.6 Å². The summed E-state index contributed by atoms with van der Waals surface area (Å²) in [5.74, 6) is 0.461. The Morgan fingerprint density at radius 3 is 2.47 bits per heavy atom. The molecule has 0 atom stereocenters. The Balaban J connectivity index is 1.44. The molecule has 0 aromatic heterocycles. The average Bonchev–Trinajstić information content (AvgIpc) is 2.99. The second-order valence-corrected chi connectivity index (χ2v) is 8.29. The maximum absolute atomic E-state index is 12.7. The van der Waals surface area contributed by atoms with Crippen molar-refractivity contribution < 1.29 is 19.2 Å². The third-order valence-corrected chi connectivity index (χ3v) is 6.02. The number of rotatable bonds is 6. The molecule has 2 aromatic rings. The van der Waals surface area contributed by atoms with Crippen molar-refractivity contribution in [2.24, 2.45) is 0 Å². The van der Waals surface area contributed by atoms with E-state index in [4.69, 9.17) is 4.74 Å². The summed E-state index contributed by atoms with van der Waals surface area (Å²) in [4.78, 5) is 30.5. The maximum Gasteiger partial charge on any atom is 0.303 e. The number of nitrogens with one attached hydrogen (secondary N) is 1. The number of carbonyl (C=O) groups excluding carboxylic acids is 2. The van der Waals surface area contributed by atoms with Crippen LogP contribution in [0, 0.1) is 0 Å². The molecule has 0 saturated carbocycles. The number of carbonyl (C=O) groups is 2. The number of para-hydroxylation sites is 2. The Hall–Kier alpha value is -2.86. The van der Waals surface area contributed by atoms with Crippen molar-refractivity contribution in [1.82, 2.24) is 0 Å². The van der Waals surface area contributed by atoms with Crippen molar-refractivity contribution in [2.75, 3.05) is 49.3 Å². The smallest absolute Gasteiger partial charge is 0.303 e. The molecule has 1 N–H and O–H groups in total. The molecular weight excluding hydrogens is 378 g/mol. The predicted molar refractivity (Wildman–Crippen MR) is 118 cm³/mol. The van der Waals surface area contributed by atoms with E-state index < -0.39 is 5.91 Å². The van der Waals surface area contributed by atoms with E-state index in [0.717, 1.165) is 48.9 Å². The van der Waals surface area contributed by atoms with Crippen LogP contribution in [0.2, 0.25) is 0 Å². The van der Waals surface area contributed by atoms with E-state index in [1.54, 1.807) is 4.90 Å². The van der Waals surface area contributed by atoms with Gasteiger partial charge in [-0.2, -0.15) is 0 Å². The van der Waals surface area contributed by atoms with Gasteiger partial charge in [0.2, 0.25) is 0 Å². The molecule has 1 amide bonds. The van der Waals surface area contributed by atoms with Gasteiger partial charge in [0.05, 0.1) is 49.7 Å². The Kier molecular flexibility index (Phi) is 5.77. The first-order valence-electron chi connectivity index (χ1n) is 10.8. The van der Waals surface area contributed by atoms with Crippen molar-refractivity contribution in [2.45, 2.75) is 26.7 Å². The van der Waals surface area contributed by atoms with E-state index in [1.165, 1.54) is 4.90 Å². The number of Topliss-reactive ketones (excluding diaryl/α,β-unsaturated/α-hetero) is 1. The number of nitrogens with zero attached hydrogens (tertiary/aromatic N) is 2. The van der Waals surface area contributed by atoms with Crippen LogP contribution in [0.3, 0.4) is 0 Å². The fourth-order valence-electron chi connectivity index (χ4n) is 4.28. The lowest BCUT2D eigenvalue weighted by Crippen LogP contribution is -3.16. The Morgan fingerprint density at radius 1 is 1.03 bits per heavy atom. The highest BCUT2D eigenvalue weighted by Crippen LogP contribution is 2.31. The number of ketones is 1. The first kappa shape index (κ1) is 20.4. The zero-order valence-corrected chi connectivity index (χ0v) is 18.0. The zero-order valence-electron chi connectivity index (χ0n) is 18.0. The second kappa shape index (κ2) is 8.48. The van der Waals surface area contributed by atoms with Gasteiger partial charge in [0, 0.05) is 0 Å². The summed E-state index contributed by atoms with van der Waals surface area (Å²) in [6, 6.07) is 14.0. The first-order valence-corrected chi connectivity index (χ1v) is 10.8. The van der Waals surface area contributed by atoms with Gasteiger partial charge < -0.3 is 14.5 Å². The third-order valence-electron chi connectivity index (χ3n) is 6.02. The number of ether oxygens (including phenoxy) is 1. The molecule has 0 unspecified atom stereocenters. The molecule has 1 saturated heterocycles. The summed E-state index contributed by atoms with van der Waals surface area (Å²) in [6.45, 7) is 10.9. The number of benzene rings is 2. The Morgan fingerprint density at radius 2 is 1.77 bits per heavy atom. The van der Waals surface area contributed by atoms with Crippen LogP contribution in [0.25, 0.3) is 0 Å². The van der Waals surface area contributed by atoms with Crippen molar-refractivity contribution in [3.63, 3.8) is 0 Å². The minimum atomic E-state index is -0.400. The quantitative estimate of drug-likeness (QED) is 0.744. The van der Waals surface area contributed by atoms with Crippen LogP contribution in [0.5, 0.6) is 5.75 Å². The standard InChI is InChI=1S/C24H29N3O3/c1-4-30-22-8-6-5-7-21(22)26-13-11-25(12-14-26)16-27-20-10-9-18(17(2)3)15-19(20)23(28)24(27)29/h5-10,15,17H,4,11-14,16H2,1-3H3/p+1. The predicted octanol–water partition coefficient (Wildman–Crippen LogP) is 2.10. The SMILES string of the molecule is CCOc1ccccc1N1CC[NH+](CN2C(=O)C(=O)c3cc(C(C)C)ccc32)CC1. The van der Waals surface area contributed by atoms with Crippen LogP contribution >= 0.6 is 0 Å². The fraction of sp³-hybridized carbons (Fsp3) is 0.417. The van der Waals surface area contributed by atoms with Gasteiger partial charge in [-0.25, -0.2) is 0 Å². The van der Waals surface area contributed by atoms with Crippen LogP contribution in [-0.2, 0) is 4.79 Å². The van der Waals surface area contributed by atoms with Gasteiger partial charge in [-0.1, -0.05) is 32.0 Å². The molecule has 2 aliphatic heterocycles. The molecule has 2 aromatic carbocycles. The van der Waals surface area contributed by atoms with Crippen LogP contribution in [0.4, 0.5) is 11.4 Å². The molecule has 0 radical (unpaired) electrons. The van der Waals surface area contributed by atoms with Crippen molar-refractivity contribution >= 4 is 23.1 Å². The monoisotopic (exact) mass is 408 g/mol. The lowest BCUT2D eigenvalue weighted by molar-refractivity contribution is -0.899. The molecule has 0 aliphatic carbocycles. The molecule has 4 rings (SSSR count). The highest BCUT2D eigenvalue weighted by atomic mass is 16.5. The highest BCUT2D eigenvalue weighted by Gasteiger charge is 2.38. The Bertz CT molecular complexity index is 948. The summed E-state index contributed by atoms with van der Waals surface area (Å²) >= 11 is 0. The van der Waals surface area contributed by atoms with Crippen LogP contribution < -0.4 is 19.4 Å². The maximum atomic E-state index is 12.7.